The van der Waals surface area contributed by atoms with Crippen molar-refractivity contribution >= 4 is 17.7 Å². The van der Waals surface area contributed by atoms with Gasteiger partial charge in [0.05, 0.1) is 23.8 Å². The van der Waals surface area contributed by atoms with Gasteiger partial charge in [-0.15, -0.1) is 10.2 Å². The van der Waals surface area contributed by atoms with Crippen LogP contribution < -0.4 is 16.6 Å². The number of nitrogen functional groups attached to an aromatic ring is 1. The molecule has 0 aliphatic heterocycles. The van der Waals surface area contributed by atoms with Crippen molar-refractivity contribution in [3.05, 3.63) is 29.5 Å². The topological polar surface area (TPSA) is 132 Å². The lowest BCUT2D eigenvalue weighted by atomic mass is 10.2. The first-order valence-corrected chi connectivity index (χ1v) is 6.50. The van der Waals surface area contributed by atoms with E-state index in [1.807, 2.05) is 13.8 Å². The normalized spacial score (nSPS) is 10.2. The van der Waals surface area contributed by atoms with Crippen LogP contribution in [0.3, 0.4) is 0 Å². The summed E-state index contributed by atoms with van der Waals surface area (Å²) >= 11 is 0. The molecule has 2 heterocycles. The first kappa shape index (κ1) is 14.7. The van der Waals surface area contributed by atoms with Gasteiger partial charge in [0.15, 0.2) is 5.82 Å². The Balaban J connectivity index is 2.19. The molecule has 2 rings (SSSR count). The smallest absolute Gasteiger partial charge is 0.278 e. The molecule has 2 aromatic heterocycles. The number of nitrogens with two attached hydrogens (primary N) is 1. The van der Waals surface area contributed by atoms with Gasteiger partial charge in [0, 0.05) is 0 Å². The summed E-state index contributed by atoms with van der Waals surface area (Å²) in [7, 11) is 0. The molecule has 1 amide bonds. The van der Waals surface area contributed by atoms with E-state index in [0.29, 0.717) is 6.42 Å². The van der Waals surface area contributed by atoms with Crippen molar-refractivity contribution in [3.63, 3.8) is 0 Å². The fraction of sp³-hybridized carbons (Fsp3) is 0.333. The van der Waals surface area contributed by atoms with E-state index >= 15 is 0 Å². The van der Waals surface area contributed by atoms with E-state index in [2.05, 4.69) is 35.9 Å². The third-order valence-corrected chi connectivity index (χ3v) is 2.75. The molecule has 0 aliphatic carbocycles. The number of hydrogen-bond acceptors (Lipinski definition) is 8. The van der Waals surface area contributed by atoms with Crippen LogP contribution in [-0.4, -0.2) is 31.1 Å². The van der Waals surface area contributed by atoms with Crippen molar-refractivity contribution in [2.45, 2.75) is 26.7 Å². The van der Waals surface area contributed by atoms with Crippen LogP contribution in [0.1, 0.15) is 35.7 Å². The highest BCUT2D eigenvalue weighted by Crippen LogP contribution is 2.08. The zero-order valence-electron chi connectivity index (χ0n) is 11.8. The monoisotopic (exact) mass is 288 g/mol. The van der Waals surface area contributed by atoms with Crippen LogP contribution in [0.2, 0.25) is 0 Å². The number of carbonyl (C=O) groups excluding carboxylic acids is 1. The van der Waals surface area contributed by atoms with Gasteiger partial charge in [0.25, 0.3) is 5.91 Å². The van der Waals surface area contributed by atoms with E-state index in [1.54, 1.807) is 0 Å². The molecule has 0 fully saturated rings. The van der Waals surface area contributed by atoms with Gasteiger partial charge in [-0.1, -0.05) is 13.8 Å². The molecule has 21 heavy (non-hydrogen) atoms. The quantitative estimate of drug-likeness (QED) is 0.529. The van der Waals surface area contributed by atoms with Crippen LogP contribution in [0, 0.1) is 0 Å². The van der Waals surface area contributed by atoms with E-state index < -0.39 is 5.91 Å². The summed E-state index contributed by atoms with van der Waals surface area (Å²) in [5.74, 6) is 5.17. The molecule has 4 N–H and O–H groups in total. The minimum atomic E-state index is -0.479. The average Bonchev–Trinajstić information content (AvgIpc) is 2.54. The highest BCUT2D eigenvalue weighted by molar-refractivity contribution is 6.01. The summed E-state index contributed by atoms with van der Waals surface area (Å²) in [6, 6.07) is 0. The second-order valence-corrected chi connectivity index (χ2v) is 4.12. The molecule has 0 atom stereocenters. The van der Waals surface area contributed by atoms with Crippen LogP contribution >= 0.6 is 0 Å². The summed E-state index contributed by atoms with van der Waals surface area (Å²) in [4.78, 5) is 24.2. The number of hydrazine groups is 1. The average molecular weight is 288 g/mol. The maximum atomic E-state index is 12.0. The van der Waals surface area contributed by atoms with Gasteiger partial charge < -0.3 is 5.43 Å². The Morgan fingerprint density at radius 2 is 1.90 bits per heavy atom. The Hall–Kier alpha value is -2.68. The summed E-state index contributed by atoms with van der Waals surface area (Å²) in [5.41, 5.74) is 4.06. The van der Waals surface area contributed by atoms with E-state index in [-0.39, 0.29) is 17.5 Å². The Morgan fingerprint density at radius 3 is 2.57 bits per heavy atom. The molecule has 110 valence electrons. The first-order chi connectivity index (χ1) is 10.2. The van der Waals surface area contributed by atoms with Crippen molar-refractivity contribution in [3.8, 4) is 0 Å². The predicted molar refractivity (Wildman–Crippen MR) is 76.4 cm³/mol. The van der Waals surface area contributed by atoms with Crippen LogP contribution in [0.25, 0.3) is 0 Å². The highest BCUT2D eigenvalue weighted by Gasteiger charge is 2.12. The molecule has 0 aliphatic rings. The van der Waals surface area contributed by atoms with Crippen LogP contribution in [0.15, 0.2) is 12.4 Å². The van der Waals surface area contributed by atoms with E-state index in [4.69, 9.17) is 5.84 Å². The summed E-state index contributed by atoms with van der Waals surface area (Å²) in [6.45, 7) is 3.95. The predicted octanol–water partition coefficient (Wildman–Crippen LogP) is 0.324. The van der Waals surface area contributed by atoms with Gasteiger partial charge >= 0.3 is 0 Å². The number of nitrogens with one attached hydrogen (secondary N) is 2. The maximum Gasteiger partial charge on any atom is 0.278 e. The standard InChI is InChI=1S/C12H16N8O/c1-3-7-8(4-2)19-20-12(16-7)17-11(21)9-5-14-6-10(15-9)18-13/h5-6H,3-4,13H2,1-2H3,(H,15,18)(H,16,17,20,21). The fourth-order valence-electron chi connectivity index (χ4n) is 1.70. The van der Waals surface area contributed by atoms with Gasteiger partial charge in [-0.3, -0.25) is 15.1 Å². The highest BCUT2D eigenvalue weighted by atomic mass is 16.2. The minimum Gasteiger partial charge on any atom is -0.307 e. The van der Waals surface area contributed by atoms with Crippen LogP contribution in [0.4, 0.5) is 11.8 Å². The lowest BCUT2D eigenvalue weighted by Gasteiger charge is -2.07. The molecule has 9 heteroatoms. The third kappa shape index (κ3) is 3.45. The van der Waals surface area contributed by atoms with E-state index in [0.717, 1.165) is 17.8 Å². The molecular formula is C12H16N8O. The van der Waals surface area contributed by atoms with Crippen LogP contribution in [-0.2, 0) is 12.8 Å². The maximum absolute atomic E-state index is 12.0. The zero-order valence-corrected chi connectivity index (χ0v) is 11.8. The Labute approximate surface area is 121 Å². The Morgan fingerprint density at radius 1 is 1.14 bits per heavy atom. The van der Waals surface area contributed by atoms with Crippen molar-refractivity contribution in [1.29, 1.82) is 0 Å². The molecule has 0 spiro atoms. The van der Waals surface area contributed by atoms with Crippen LogP contribution in [0.5, 0.6) is 0 Å². The van der Waals surface area contributed by atoms with Gasteiger partial charge in [0.2, 0.25) is 5.95 Å². The van der Waals surface area contributed by atoms with Crippen molar-refractivity contribution in [2.75, 3.05) is 10.7 Å². The summed E-state index contributed by atoms with van der Waals surface area (Å²) < 4.78 is 0. The number of carbonyl (C=O) groups is 1. The van der Waals surface area contributed by atoms with E-state index in [1.165, 1.54) is 12.4 Å². The molecule has 0 unspecified atom stereocenters. The number of rotatable bonds is 5. The molecule has 0 aromatic carbocycles. The Kier molecular flexibility index (Phi) is 4.67. The second kappa shape index (κ2) is 6.66. The SMILES string of the molecule is CCc1nnc(NC(=O)c2cncc(NN)n2)nc1CC. The van der Waals surface area contributed by atoms with Gasteiger partial charge in [-0.25, -0.2) is 15.8 Å². The van der Waals surface area contributed by atoms with Gasteiger partial charge in [0.1, 0.15) is 5.69 Å². The fourth-order valence-corrected chi connectivity index (χ4v) is 1.70. The number of hydrogen-bond donors (Lipinski definition) is 3. The lowest BCUT2D eigenvalue weighted by molar-refractivity contribution is 0.102. The first-order valence-electron chi connectivity index (χ1n) is 6.50. The molecule has 0 radical (unpaired) electrons. The van der Waals surface area contributed by atoms with Crippen molar-refractivity contribution in [2.24, 2.45) is 5.84 Å². The van der Waals surface area contributed by atoms with E-state index in [9.17, 15) is 4.79 Å². The van der Waals surface area contributed by atoms with Crippen molar-refractivity contribution < 1.29 is 4.79 Å². The van der Waals surface area contributed by atoms with Gasteiger partial charge in [-0.05, 0) is 12.8 Å². The molecule has 9 nitrogen and oxygen atoms in total. The number of anilines is 2. The number of nitrogens with zero attached hydrogens (tertiary/aromatic N) is 5. The van der Waals surface area contributed by atoms with Crippen molar-refractivity contribution in [1.82, 2.24) is 25.1 Å². The number of amides is 1. The third-order valence-electron chi connectivity index (χ3n) is 2.75. The molecular weight excluding hydrogens is 272 g/mol. The largest absolute Gasteiger partial charge is 0.307 e. The zero-order chi connectivity index (χ0) is 15.2. The lowest BCUT2D eigenvalue weighted by Crippen LogP contribution is -2.19. The number of aromatic nitrogens is 5. The van der Waals surface area contributed by atoms with Gasteiger partial charge in [-0.2, -0.15) is 0 Å². The number of aryl methyl sites for hydroxylation is 2. The molecule has 0 saturated heterocycles. The second-order valence-electron chi connectivity index (χ2n) is 4.12. The summed E-state index contributed by atoms with van der Waals surface area (Å²) in [5, 5.41) is 10.5. The minimum absolute atomic E-state index is 0.103. The molecule has 2 aromatic rings. The molecule has 0 saturated carbocycles. The summed E-state index contributed by atoms with van der Waals surface area (Å²) in [6.07, 6.45) is 4.19. The Bertz CT molecular complexity index is 645. The molecule has 0 bridgehead atoms.